The molecule has 0 fully saturated rings. The van der Waals surface area contributed by atoms with Gasteiger partial charge in [0.25, 0.3) is 5.91 Å². The van der Waals surface area contributed by atoms with Crippen molar-refractivity contribution in [2.45, 2.75) is 0 Å². The van der Waals surface area contributed by atoms with Crippen LogP contribution in [0.5, 0.6) is 0 Å². The Kier molecular flexibility index (Phi) is 4.63. The molecule has 0 unspecified atom stereocenters. The van der Waals surface area contributed by atoms with Crippen molar-refractivity contribution in [1.82, 2.24) is 20.2 Å². The first-order valence-electron chi connectivity index (χ1n) is 8.20. The average molecular weight is 376 g/mol. The number of halogens is 1. The van der Waals surface area contributed by atoms with Crippen LogP contribution < -0.4 is 5.32 Å². The number of rotatable bonds is 4. The van der Waals surface area contributed by atoms with Crippen LogP contribution in [-0.4, -0.2) is 26.1 Å². The number of hydrogen-bond acceptors (Lipinski definition) is 4. The van der Waals surface area contributed by atoms with Crippen LogP contribution in [0.1, 0.15) is 10.4 Å². The fourth-order valence-electron chi connectivity index (χ4n) is 2.74. The molecule has 1 aromatic heterocycles. The Bertz CT molecular complexity index is 1060. The van der Waals surface area contributed by atoms with Crippen molar-refractivity contribution in [3.63, 3.8) is 0 Å². The third-order valence-corrected chi connectivity index (χ3v) is 4.28. The molecule has 132 valence electrons. The zero-order chi connectivity index (χ0) is 18.6. The van der Waals surface area contributed by atoms with Crippen molar-refractivity contribution < 1.29 is 4.79 Å². The van der Waals surface area contributed by atoms with Gasteiger partial charge >= 0.3 is 0 Å². The number of benzene rings is 3. The zero-order valence-electron chi connectivity index (χ0n) is 14.1. The molecule has 0 aliphatic rings. The Labute approximate surface area is 160 Å². The van der Waals surface area contributed by atoms with E-state index in [0.29, 0.717) is 22.0 Å². The summed E-state index contributed by atoms with van der Waals surface area (Å²) < 4.78 is 1.42. The van der Waals surface area contributed by atoms with Gasteiger partial charge in [0.05, 0.1) is 11.3 Å². The standard InChI is InChI=1S/C20H14ClN5O/c21-16-8-11-19(26-13-22-24-25-26)18(12-16)20(27)23-17-9-6-15(7-10-17)14-4-2-1-3-5-14/h1-13H,(H,23,27). The Morgan fingerprint density at radius 1 is 0.926 bits per heavy atom. The van der Waals surface area contributed by atoms with E-state index in [9.17, 15) is 4.79 Å². The molecular formula is C20H14ClN5O. The molecule has 4 rings (SSSR count). The first kappa shape index (κ1) is 16.9. The van der Waals surface area contributed by atoms with E-state index in [4.69, 9.17) is 11.6 Å². The van der Waals surface area contributed by atoms with Crippen LogP contribution in [0.3, 0.4) is 0 Å². The van der Waals surface area contributed by atoms with E-state index < -0.39 is 0 Å². The summed E-state index contributed by atoms with van der Waals surface area (Å²) in [7, 11) is 0. The number of carbonyl (C=O) groups excluding carboxylic acids is 1. The molecule has 0 saturated carbocycles. The molecule has 0 bridgehead atoms. The number of carbonyl (C=O) groups is 1. The lowest BCUT2D eigenvalue weighted by molar-refractivity contribution is 0.102. The second kappa shape index (κ2) is 7.39. The molecule has 6 nitrogen and oxygen atoms in total. The van der Waals surface area contributed by atoms with Crippen LogP contribution in [0.4, 0.5) is 5.69 Å². The van der Waals surface area contributed by atoms with Crippen LogP contribution in [0.2, 0.25) is 5.02 Å². The van der Waals surface area contributed by atoms with E-state index in [1.54, 1.807) is 18.2 Å². The molecule has 0 aliphatic carbocycles. The molecule has 0 atom stereocenters. The van der Waals surface area contributed by atoms with Gasteiger partial charge in [-0.2, -0.15) is 4.68 Å². The van der Waals surface area contributed by atoms with Gasteiger partial charge in [0, 0.05) is 10.7 Å². The SMILES string of the molecule is O=C(Nc1ccc(-c2ccccc2)cc1)c1cc(Cl)ccc1-n1cnnn1. The van der Waals surface area contributed by atoms with Crippen molar-refractivity contribution in [2.75, 3.05) is 5.32 Å². The molecule has 7 heteroatoms. The molecule has 0 radical (unpaired) electrons. The van der Waals surface area contributed by atoms with Crippen molar-refractivity contribution in [1.29, 1.82) is 0 Å². The van der Waals surface area contributed by atoms with Crippen molar-refractivity contribution in [3.8, 4) is 16.8 Å². The summed E-state index contributed by atoms with van der Waals surface area (Å²) in [5.74, 6) is -0.296. The van der Waals surface area contributed by atoms with Crippen molar-refractivity contribution >= 4 is 23.2 Å². The van der Waals surface area contributed by atoms with Gasteiger partial charge in [-0.15, -0.1) is 5.10 Å². The van der Waals surface area contributed by atoms with E-state index >= 15 is 0 Å². The maximum atomic E-state index is 12.8. The Hall–Kier alpha value is -3.51. The van der Waals surface area contributed by atoms with Gasteiger partial charge in [-0.3, -0.25) is 4.79 Å². The van der Waals surface area contributed by atoms with Gasteiger partial charge in [0.15, 0.2) is 0 Å². The molecule has 1 N–H and O–H groups in total. The predicted octanol–water partition coefficient (Wildman–Crippen LogP) is 4.24. The Morgan fingerprint density at radius 3 is 2.37 bits per heavy atom. The average Bonchev–Trinajstić information content (AvgIpc) is 3.24. The highest BCUT2D eigenvalue weighted by atomic mass is 35.5. The third-order valence-electron chi connectivity index (χ3n) is 4.05. The van der Waals surface area contributed by atoms with Crippen LogP contribution in [0, 0.1) is 0 Å². The van der Waals surface area contributed by atoms with E-state index in [1.807, 2.05) is 54.6 Å². The van der Waals surface area contributed by atoms with Crippen LogP contribution in [0.25, 0.3) is 16.8 Å². The maximum Gasteiger partial charge on any atom is 0.257 e. The Morgan fingerprint density at radius 2 is 1.67 bits per heavy atom. The summed E-state index contributed by atoms with van der Waals surface area (Å²) in [6.45, 7) is 0. The molecule has 1 heterocycles. The minimum absolute atomic E-state index is 0.296. The predicted molar refractivity (Wildman–Crippen MR) is 104 cm³/mol. The minimum Gasteiger partial charge on any atom is -0.322 e. The van der Waals surface area contributed by atoms with E-state index in [-0.39, 0.29) is 5.91 Å². The largest absolute Gasteiger partial charge is 0.322 e. The fourth-order valence-corrected chi connectivity index (χ4v) is 2.91. The summed E-state index contributed by atoms with van der Waals surface area (Å²) in [5.41, 5.74) is 3.80. The van der Waals surface area contributed by atoms with Gasteiger partial charge in [-0.05, 0) is 51.9 Å². The van der Waals surface area contributed by atoms with Gasteiger partial charge in [0.2, 0.25) is 0 Å². The van der Waals surface area contributed by atoms with Crippen LogP contribution in [-0.2, 0) is 0 Å². The molecule has 1 amide bonds. The molecular weight excluding hydrogens is 362 g/mol. The highest BCUT2D eigenvalue weighted by Gasteiger charge is 2.15. The first-order chi connectivity index (χ1) is 13.2. The highest BCUT2D eigenvalue weighted by Crippen LogP contribution is 2.23. The molecule has 4 aromatic rings. The number of aromatic nitrogens is 4. The second-order valence-electron chi connectivity index (χ2n) is 5.81. The normalized spacial score (nSPS) is 10.6. The lowest BCUT2D eigenvalue weighted by Crippen LogP contribution is -2.15. The third kappa shape index (κ3) is 3.70. The number of tetrazole rings is 1. The highest BCUT2D eigenvalue weighted by molar-refractivity contribution is 6.31. The number of amides is 1. The minimum atomic E-state index is -0.296. The molecule has 0 spiro atoms. The lowest BCUT2D eigenvalue weighted by atomic mass is 10.1. The summed E-state index contributed by atoms with van der Waals surface area (Å²) in [6, 6.07) is 22.7. The monoisotopic (exact) mass is 375 g/mol. The maximum absolute atomic E-state index is 12.8. The molecule has 0 aliphatic heterocycles. The van der Waals surface area contributed by atoms with E-state index in [0.717, 1.165) is 11.1 Å². The quantitative estimate of drug-likeness (QED) is 0.579. The zero-order valence-corrected chi connectivity index (χ0v) is 14.8. The summed E-state index contributed by atoms with van der Waals surface area (Å²) >= 11 is 6.07. The Balaban J connectivity index is 1.59. The fraction of sp³-hybridized carbons (Fsp3) is 0. The summed E-state index contributed by atoms with van der Waals surface area (Å²) in [6.07, 6.45) is 1.43. The van der Waals surface area contributed by atoms with Crippen molar-refractivity contribution in [3.05, 3.63) is 89.7 Å². The number of nitrogens with zero attached hydrogens (tertiary/aromatic N) is 4. The van der Waals surface area contributed by atoms with Gasteiger partial charge in [-0.25, -0.2) is 0 Å². The van der Waals surface area contributed by atoms with Gasteiger partial charge < -0.3 is 5.32 Å². The van der Waals surface area contributed by atoms with Crippen molar-refractivity contribution in [2.24, 2.45) is 0 Å². The van der Waals surface area contributed by atoms with Crippen LogP contribution >= 0.6 is 11.6 Å². The van der Waals surface area contributed by atoms with Gasteiger partial charge in [0.1, 0.15) is 6.33 Å². The topological polar surface area (TPSA) is 72.7 Å². The molecule has 27 heavy (non-hydrogen) atoms. The van der Waals surface area contributed by atoms with Crippen LogP contribution in [0.15, 0.2) is 79.1 Å². The molecule has 0 saturated heterocycles. The summed E-state index contributed by atoms with van der Waals surface area (Å²) in [5, 5.41) is 14.4. The smallest absolute Gasteiger partial charge is 0.257 e. The van der Waals surface area contributed by atoms with E-state index in [1.165, 1.54) is 11.0 Å². The number of anilines is 1. The number of nitrogens with one attached hydrogen (secondary N) is 1. The summed E-state index contributed by atoms with van der Waals surface area (Å²) in [4.78, 5) is 12.8. The lowest BCUT2D eigenvalue weighted by Gasteiger charge is -2.11. The first-order valence-corrected chi connectivity index (χ1v) is 8.58. The van der Waals surface area contributed by atoms with Gasteiger partial charge in [-0.1, -0.05) is 54.1 Å². The van der Waals surface area contributed by atoms with E-state index in [2.05, 4.69) is 20.8 Å². The molecule has 3 aromatic carbocycles. The number of hydrogen-bond donors (Lipinski definition) is 1. The second-order valence-corrected chi connectivity index (χ2v) is 6.25.